The predicted molar refractivity (Wildman–Crippen MR) is 93.4 cm³/mol. The molecule has 130 valence electrons. The SMILES string of the molecule is CCCCN(C)CCC(=O)N1CCc2c(cnn2C(C)(C)C)C1. The van der Waals surface area contributed by atoms with Crippen LogP contribution in [0.5, 0.6) is 0 Å². The number of aromatic nitrogens is 2. The van der Waals surface area contributed by atoms with Crippen molar-refractivity contribution in [3.8, 4) is 0 Å². The Balaban J connectivity index is 1.90. The lowest BCUT2D eigenvalue weighted by molar-refractivity contribution is -0.132. The lowest BCUT2D eigenvalue weighted by Gasteiger charge is -2.30. The predicted octanol–water partition coefficient (Wildman–Crippen LogP) is 2.64. The second kappa shape index (κ2) is 7.47. The average molecular weight is 320 g/mol. The Morgan fingerprint density at radius 1 is 1.35 bits per heavy atom. The van der Waals surface area contributed by atoms with E-state index in [1.54, 1.807) is 0 Å². The molecule has 1 amide bonds. The Bertz CT molecular complexity index is 530. The van der Waals surface area contributed by atoms with Crippen LogP contribution in [0.2, 0.25) is 0 Å². The Kier molecular flexibility index (Phi) is 5.84. The van der Waals surface area contributed by atoms with E-state index in [4.69, 9.17) is 0 Å². The van der Waals surface area contributed by atoms with Gasteiger partial charge in [-0.25, -0.2) is 0 Å². The van der Waals surface area contributed by atoms with Crippen molar-refractivity contribution in [1.82, 2.24) is 19.6 Å². The third kappa shape index (κ3) is 4.56. The van der Waals surface area contributed by atoms with Gasteiger partial charge in [0.2, 0.25) is 5.91 Å². The van der Waals surface area contributed by atoms with Crippen molar-refractivity contribution in [3.05, 3.63) is 17.5 Å². The van der Waals surface area contributed by atoms with E-state index < -0.39 is 0 Å². The van der Waals surface area contributed by atoms with Crippen LogP contribution in [-0.2, 0) is 23.3 Å². The Labute approximate surface area is 140 Å². The van der Waals surface area contributed by atoms with E-state index >= 15 is 0 Å². The van der Waals surface area contributed by atoms with Crippen LogP contribution < -0.4 is 0 Å². The summed E-state index contributed by atoms with van der Waals surface area (Å²) in [7, 11) is 2.10. The highest BCUT2D eigenvalue weighted by atomic mass is 16.2. The van der Waals surface area contributed by atoms with E-state index in [1.807, 2.05) is 11.1 Å². The maximum Gasteiger partial charge on any atom is 0.224 e. The average Bonchev–Trinajstić information content (AvgIpc) is 2.93. The number of amides is 1. The van der Waals surface area contributed by atoms with Gasteiger partial charge in [-0.2, -0.15) is 5.10 Å². The van der Waals surface area contributed by atoms with Crippen LogP contribution in [0.1, 0.15) is 58.2 Å². The van der Waals surface area contributed by atoms with Crippen LogP contribution in [0.4, 0.5) is 0 Å². The van der Waals surface area contributed by atoms with Crippen LogP contribution in [0.25, 0.3) is 0 Å². The molecule has 0 spiro atoms. The highest BCUT2D eigenvalue weighted by Crippen LogP contribution is 2.24. The van der Waals surface area contributed by atoms with Gasteiger partial charge in [0.15, 0.2) is 0 Å². The van der Waals surface area contributed by atoms with Gasteiger partial charge in [0.25, 0.3) is 0 Å². The van der Waals surface area contributed by atoms with E-state index in [1.165, 1.54) is 24.1 Å². The zero-order chi connectivity index (χ0) is 17.0. The molecule has 1 aliphatic heterocycles. The van der Waals surface area contributed by atoms with Crippen LogP contribution >= 0.6 is 0 Å². The molecule has 0 saturated heterocycles. The van der Waals surface area contributed by atoms with Crippen LogP contribution in [0, 0.1) is 0 Å². The molecular formula is C18H32N4O. The van der Waals surface area contributed by atoms with E-state index in [2.05, 4.69) is 49.4 Å². The van der Waals surface area contributed by atoms with Gasteiger partial charge in [-0.1, -0.05) is 13.3 Å². The first-order chi connectivity index (χ1) is 10.8. The summed E-state index contributed by atoms with van der Waals surface area (Å²) in [4.78, 5) is 16.7. The summed E-state index contributed by atoms with van der Waals surface area (Å²) in [5, 5.41) is 4.54. The Hall–Kier alpha value is -1.36. The number of hydrogen-bond donors (Lipinski definition) is 0. The summed E-state index contributed by atoms with van der Waals surface area (Å²) in [6.45, 7) is 12.2. The fraction of sp³-hybridized carbons (Fsp3) is 0.778. The van der Waals surface area contributed by atoms with Crippen molar-refractivity contribution in [2.75, 3.05) is 26.7 Å². The molecule has 1 aliphatic rings. The van der Waals surface area contributed by atoms with Crippen molar-refractivity contribution in [1.29, 1.82) is 0 Å². The fourth-order valence-electron chi connectivity index (χ4n) is 3.11. The van der Waals surface area contributed by atoms with Gasteiger partial charge >= 0.3 is 0 Å². The van der Waals surface area contributed by atoms with Gasteiger partial charge in [0.05, 0.1) is 11.7 Å². The minimum Gasteiger partial charge on any atom is -0.338 e. The lowest BCUT2D eigenvalue weighted by Crippen LogP contribution is -2.39. The summed E-state index contributed by atoms with van der Waals surface area (Å²) >= 11 is 0. The van der Waals surface area contributed by atoms with E-state index in [0.29, 0.717) is 13.0 Å². The maximum absolute atomic E-state index is 12.5. The zero-order valence-corrected chi connectivity index (χ0v) is 15.4. The molecule has 1 aromatic rings. The fourth-order valence-corrected chi connectivity index (χ4v) is 3.11. The van der Waals surface area contributed by atoms with Crippen molar-refractivity contribution >= 4 is 5.91 Å². The standard InChI is InChI=1S/C18H32N4O/c1-6-7-10-20(5)11-9-17(23)21-12-8-16-15(14-21)13-19-22(16)18(2,3)4/h13H,6-12,14H2,1-5H3. The number of fused-ring (bicyclic) bond motifs is 1. The molecule has 0 radical (unpaired) electrons. The number of nitrogens with zero attached hydrogens (tertiary/aromatic N) is 4. The monoisotopic (exact) mass is 320 g/mol. The second-order valence-electron chi connectivity index (χ2n) is 7.67. The summed E-state index contributed by atoms with van der Waals surface area (Å²) in [5.41, 5.74) is 2.50. The topological polar surface area (TPSA) is 41.4 Å². The highest BCUT2D eigenvalue weighted by molar-refractivity contribution is 5.76. The van der Waals surface area contributed by atoms with E-state index in [0.717, 1.165) is 26.1 Å². The van der Waals surface area contributed by atoms with Gasteiger partial charge in [-0.3, -0.25) is 9.48 Å². The summed E-state index contributed by atoms with van der Waals surface area (Å²) in [6.07, 6.45) is 5.86. The number of hydrogen-bond acceptors (Lipinski definition) is 3. The van der Waals surface area contributed by atoms with Crippen LogP contribution in [-0.4, -0.2) is 52.2 Å². The minimum atomic E-state index is 0.00174. The molecule has 0 aromatic carbocycles. The van der Waals surface area contributed by atoms with Crippen molar-refractivity contribution in [3.63, 3.8) is 0 Å². The molecule has 1 aromatic heterocycles. The van der Waals surface area contributed by atoms with Crippen molar-refractivity contribution in [2.45, 2.75) is 65.5 Å². The van der Waals surface area contributed by atoms with Crippen LogP contribution in [0.3, 0.4) is 0 Å². The molecule has 0 unspecified atom stereocenters. The molecule has 0 bridgehead atoms. The van der Waals surface area contributed by atoms with Gasteiger partial charge in [-0.15, -0.1) is 0 Å². The second-order valence-corrected chi connectivity index (χ2v) is 7.67. The number of unbranched alkanes of at least 4 members (excludes halogenated alkanes) is 1. The van der Waals surface area contributed by atoms with Gasteiger partial charge in [0, 0.05) is 43.7 Å². The molecular weight excluding hydrogens is 288 g/mol. The van der Waals surface area contributed by atoms with Gasteiger partial charge in [0.1, 0.15) is 0 Å². The number of carbonyl (C=O) groups excluding carboxylic acids is 1. The molecule has 5 nitrogen and oxygen atoms in total. The minimum absolute atomic E-state index is 0.00174. The molecule has 2 rings (SSSR count). The van der Waals surface area contributed by atoms with Gasteiger partial charge < -0.3 is 9.80 Å². The largest absolute Gasteiger partial charge is 0.338 e. The molecule has 2 heterocycles. The number of rotatable bonds is 6. The highest BCUT2D eigenvalue weighted by Gasteiger charge is 2.27. The summed E-state index contributed by atoms with van der Waals surface area (Å²) < 4.78 is 2.11. The Morgan fingerprint density at radius 3 is 2.74 bits per heavy atom. The number of carbonyl (C=O) groups is 1. The third-order valence-corrected chi connectivity index (χ3v) is 4.52. The first-order valence-electron chi connectivity index (χ1n) is 8.85. The molecule has 0 atom stereocenters. The zero-order valence-electron chi connectivity index (χ0n) is 15.4. The molecule has 5 heteroatoms. The Morgan fingerprint density at radius 2 is 2.09 bits per heavy atom. The first kappa shape index (κ1) is 18.0. The van der Waals surface area contributed by atoms with Crippen molar-refractivity contribution < 1.29 is 4.79 Å². The van der Waals surface area contributed by atoms with E-state index in [9.17, 15) is 4.79 Å². The summed E-state index contributed by atoms with van der Waals surface area (Å²) in [5.74, 6) is 0.266. The third-order valence-electron chi connectivity index (χ3n) is 4.52. The lowest BCUT2D eigenvalue weighted by atomic mass is 10.0. The quantitative estimate of drug-likeness (QED) is 0.809. The van der Waals surface area contributed by atoms with Crippen LogP contribution in [0.15, 0.2) is 6.20 Å². The normalized spacial score (nSPS) is 15.1. The van der Waals surface area contributed by atoms with E-state index in [-0.39, 0.29) is 11.4 Å². The maximum atomic E-state index is 12.5. The van der Waals surface area contributed by atoms with Crippen molar-refractivity contribution in [2.24, 2.45) is 0 Å². The molecule has 0 saturated carbocycles. The summed E-state index contributed by atoms with van der Waals surface area (Å²) in [6, 6.07) is 0. The first-order valence-corrected chi connectivity index (χ1v) is 8.85. The molecule has 0 N–H and O–H groups in total. The van der Waals surface area contributed by atoms with Gasteiger partial charge in [-0.05, 0) is 40.8 Å². The molecule has 0 fully saturated rings. The molecule has 0 aliphatic carbocycles. The smallest absolute Gasteiger partial charge is 0.224 e. The molecule has 23 heavy (non-hydrogen) atoms.